The maximum absolute atomic E-state index is 12.0. The Hall–Kier alpha value is -3.08. The van der Waals surface area contributed by atoms with Gasteiger partial charge in [-0.2, -0.15) is 0 Å². The van der Waals surface area contributed by atoms with E-state index in [1.807, 2.05) is 37.3 Å². The molecule has 25 heavy (non-hydrogen) atoms. The smallest absolute Gasteiger partial charge is 0.338 e. The second-order valence-electron chi connectivity index (χ2n) is 5.17. The second-order valence-corrected chi connectivity index (χ2v) is 5.17. The lowest BCUT2D eigenvalue weighted by atomic mass is 10.2. The van der Waals surface area contributed by atoms with Crippen LogP contribution in [0.2, 0.25) is 0 Å². The summed E-state index contributed by atoms with van der Waals surface area (Å²) in [6.07, 6.45) is 3.73. The first kappa shape index (κ1) is 18.3. The fourth-order valence-electron chi connectivity index (χ4n) is 2.03. The largest absolute Gasteiger partial charge is 0.493 e. The van der Waals surface area contributed by atoms with Crippen molar-refractivity contribution in [3.05, 3.63) is 65.7 Å². The number of methoxy groups -OCH3 is 1. The molecule has 0 heterocycles. The van der Waals surface area contributed by atoms with Gasteiger partial charge in [0.1, 0.15) is 0 Å². The third kappa shape index (κ3) is 5.49. The van der Waals surface area contributed by atoms with Gasteiger partial charge in [0.25, 0.3) is 0 Å². The van der Waals surface area contributed by atoms with E-state index in [0.29, 0.717) is 12.2 Å². The number of rotatable bonds is 7. The minimum Gasteiger partial charge on any atom is -0.493 e. The first-order chi connectivity index (χ1) is 12.1. The molecule has 0 aliphatic heterocycles. The fourth-order valence-corrected chi connectivity index (χ4v) is 2.03. The van der Waals surface area contributed by atoms with Crippen LogP contribution in [0.25, 0.3) is 6.08 Å². The molecule has 0 saturated carbocycles. The van der Waals surface area contributed by atoms with E-state index in [-0.39, 0.29) is 11.5 Å². The first-order valence-electron chi connectivity index (χ1n) is 7.94. The van der Waals surface area contributed by atoms with Crippen molar-refractivity contribution >= 4 is 18.0 Å². The summed E-state index contributed by atoms with van der Waals surface area (Å²) in [5.41, 5.74) is 1.23. The number of benzene rings is 2. The van der Waals surface area contributed by atoms with Crippen molar-refractivity contribution in [3.8, 4) is 11.5 Å². The summed E-state index contributed by atoms with van der Waals surface area (Å²) in [5.74, 6) is -0.463. The summed E-state index contributed by atoms with van der Waals surface area (Å²) in [4.78, 5) is 23.8. The van der Waals surface area contributed by atoms with Crippen LogP contribution in [-0.4, -0.2) is 25.7 Å². The highest BCUT2D eigenvalue weighted by Gasteiger charge is 2.13. The molecular weight excluding hydrogens is 320 g/mol. The topological polar surface area (TPSA) is 61.8 Å². The fraction of sp³-hybridized carbons (Fsp3) is 0.200. The summed E-state index contributed by atoms with van der Waals surface area (Å²) in [5, 5.41) is 0. The number of carbonyl (C=O) groups excluding carboxylic acids is 2. The van der Waals surface area contributed by atoms with Gasteiger partial charge in [0.15, 0.2) is 11.5 Å². The number of ether oxygens (including phenoxy) is 3. The van der Waals surface area contributed by atoms with Gasteiger partial charge in [-0.1, -0.05) is 37.3 Å². The second kappa shape index (κ2) is 9.27. The van der Waals surface area contributed by atoms with Crippen molar-refractivity contribution in [2.45, 2.75) is 13.3 Å². The molecule has 0 aliphatic rings. The van der Waals surface area contributed by atoms with E-state index in [0.717, 1.165) is 12.0 Å². The van der Waals surface area contributed by atoms with Gasteiger partial charge >= 0.3 is 11.9 Å². The van der Waals surface area contributed by atoms with Crippen LogP contribution >= 0.6 is 0 Å². The average Bonchev–Trinajstić information content (AvgIpc) is 2.65. The van der Waals surface area contributed by atoms with E-state index in [1.165, 1.54) is 31.4 Å². The lowest BCUT2D eigenvalue weighted by Gasteiger charge is -2.10. The predicted octanol–water partition coefficient (Wildman–Crippen LogP) is 3.88. The maximum atomic E-state index is 12.0. The molecule has 5 nitrogen and oxygen atoms in total. The molecule has 5 heteroatoms. The van der Waals surface area contributed by atoms with Gasteiger partial charge in [-0.3, -0.25) is 0 Å². The Balaban J connectivity index is 2.07. The zero-order valence-corrected chi connectivity index (χ0v) is 14.2. The zero-order chi connectivity index (χ0) is 18.1. The lowest BCUT2D eigenvalue weighted by molar-refractivity contribution is -0.129. The zero-order valence-electron chi connectivity index (χ0n) is 14.2. The van der Waals surface area contributed by atoms with Crippen molar-refractivity contribution in [1.82, 2.24) is 0 Å². The summed E-state index contributed by atoms with van der Waals surface area (Å²) in [7, 11) is 1.44. The van der Waals surface area contributed by atoms with Crippen molar-refractivity contribution in [2.75, 3.05) is 13.7 Å². The molecule has 0 atom stereocenters. The Kier molecular flexibility index (Phi) is 6.77. The van der Waals surface area contributed by atoms with Crippen LogP contribution in [0.3, 0.4) is 0 Å². The molecule has 0 aromatic heterocycles. The monoisotopic (exact) mass is 340 g/mol. The number of hydrogen-bond acceptors (Lipinski definition) is 5. The molecular formula is C20H20O5. The molecule has 0 bridgehead atoms. The molecule has 0 spiro atoms. The van der Waals surface area contributed by atoms with Gasteiger partial charge in [0.05, 0.1) is 19.3 Å². The Bertz CT molecular complexity index is 750. The van der Waals surface area contributed by atoms with E-state index in [4.69, 9.17) is 14.2 Å². The number of carbonyl (C=O) groups is 2. The molecule has 0 amide bonds. The minimum absolute atomic E-state index is 0.234. The van der Waals surface area contributed by atoms with Crippen molar-refractivity contribution in [2.24, 2.45) is 0 Å². The Morgan fingerprint density at radius 1 is 1.04 bits per heavy atom. The Labute approximate surface area is 146 Å². The van der Waals surface area contributed by atoms with Crippen LogP contribution in [0.4, 0.5) is 0 Å². The van der Waals surface area contributed by atoms with Gasteiger partial charge in [0, 0.05) is 6.08 Å². The van der Waals surface area contributed by atoms with Crippen LogP contribution in [0, 0.1) is 0 Å². The van der Waals surface area contributed by atoms with Gasteiger partial charge < -0.3 is 14.2 Å². The quantitative estimate of drug-likeness (QED) is 0.435. The van der Waals surface area contributed by atoms with Crippen LogP contribution in [0.1, 0.15) is 29.3 Å². The SMILES string of the molecule is CCCOC(=O)c1ccc(OC(=O)/C=C\c2ccccc2)c(OC)c1. The molecule has 2 aromatic carbocycles. The normalized spacial score (nSPS) is 10.5. The van der Waals surface area contributed by atoms with Gasteiger partial charge in [-0.05, 0) is 36.3 Å². The van der Waals surface area contributed by atoms with Crippen molar-refractivity contribution in [1.29, 1.82) is 0 Å². The van der Waals surface area contributed by atoms with Crippen molar-refractivity contribution in [3.63, 3.8) is 0 Å². The molecule has 0 saturated heterocycles. The van der Waals surface area contributed by atoms with E-state index >= 15 is 0 Å². The van der Waals surface area contributed by atoms with Gasteiger partial charge in [-0.25, -0.2) is 9.59 Å². The summed E-state index contributed by atoms with van der Waals surface area (Å²) in [6, 6.07) is 13.9. The standard InChI is InChI=1S/C20H20O5/c1-3-13-24-20(22)16-10-11-17(18(14-16)23-2)25-19(21)12-9-15-7-5-4-6-8-15/h4-12,14H,3,13H2,1-2H3/b12-9-. The minimum atomic E-state index is -0.538. The third-order valence-electron chi connectivity index (χ3n) is 3.26. The summed E-state index contributed by atoms with van der Waals surface area (Å²) < 4.78 is 15.5. The first-order valence-corrected chi connectivity index (χ1v) is 7.94. The van der Waals surface area contributed by atoms with Crippen molar-refractivity contribution < 1.29 is 23.8 Å². The van der Waals surface area contributed by atoms with Crippen LogP contribution in [-0.2, 0) is 9.53 Å². The molecule has 0 unspecified atom stereocenters. The van der Waals surface area contributed by atoms with E-state index in [1.54, 1.807) is 6.08 Å². The highest BCUT2D eigenvalue weighted by atomic mass is 16.6. The molecule has 130 valence electrons. The van der Waals surface area contributed by atoms with Crippen LogP contribution < -0.4 is 9.47 Å². The predicted molar refractivity (Wildman–Crippen MR) is 94.7 cm³/mol. The number of hydrogen-bond donors (Lipinski definition) is 0. The molecule has 0 N–H and O–H groups in total. The van der Waals surface area contributed by atoms with Gasteiger partial charge in [-0.15, -0.1) is 0 Å². The van der Waals surface area contributed by atoms with E-state index < -0.39 is 11.9 Å². The highest BCUT2D eigenvalue weighted by Crippen LogP contribution is 2.28. The average molecular weight is 340 g/mol. The molecule has 0 aliphatic carbocycles. The highest BCUT2D eigenvalue weighted by molar-refractivity contribution is 5.91. The maximum Gasteiger partial charge on any atom is 0.338 e. The molecule has 0 fully saturated rings. The van der Waals surface area contributed by atoms with E-state index in [9.17, 15) is 9.59 Å². The third-order valence-corrected chi connectivity index (χ3v) is 3.26. The Morgan fingerprint density at radius 2 is 1.80 bits per heavy atom. The van der Waals surface area contributed by atoms with E-state index in [2.05, 4.69) is 0 Å². The molecule has 2 aromatic rings. The lowest BCUT2D eigenvalue weighted by Crippen LogP contribution is -2.08. The Morgan fingerprint density at radius 3 is 2.48 bits per heavy atom. The number of esters is 2. The molecule has 2 rings (SSSR count). The van der Waals surface area contributed by atoms with Gasteiger partial charge in [0.2, 0.25) is 0 Å². The summed E-state index contributed by atoms with van der Waals surface area (Å²) in [6.45, 7) is 2.27. The van der Waals surface area contributed by atoms with Crippen LogP contribution in [0.15, 0.2) is 54.6 Å². The molecule has 0 radical (unpaired) electrons. The van der Waals surface area contributed by atoms with Crippen LogP contribution in [0.5, 0.6) is 11.5 Å². The summed E-state index contributed by atoms with van der Waals surface area (Å²) >= 11 is 0.